The van der Waals surface area contributed by atoms with Gasteiger partial charge in [0, 0.05) is 56.7 Å². The lowest BCUT2D eigenvalue weighted by atomic mass is 10.2. The van der Waals surface area contributed by atoms with E-state index in [-0.39, 0.29) is 5.91 Å². The number of carbonyl (C=O) groups is 2. The molecule has 1 N–H and O–H groups in total. The predicted octanol–water partition coefficient (Wildman–Crippen LogP) is 2.29. The van der Waals surface area contributed by atoms with E-state index in [1.807, 2.05) is 12.1 Å². The lowest BCUT2D eigenvalue weighted by Crippen LogP contribution is -2.48. The highest BCUT2D eigenvalue weighted by Crippen LogP contribution is 2.21. The third-order valence-corrected chi connectivity index (χ3v) is 5.08. The highest BCUT2D eigenvalue weighted by atomic mass is 16.2. The van der Waals surface area contributed by atoms with E-state index in [0.29, 0.717) is 43.5 Å². The lowest BCUT2D eigenvalue weighted by molar-refractivity contribution is -0.119. The number of piperazine rings is 1. The van der Waals surface area contributed by atoms with Gasteiger partial charge in [0.1, 0.15) is 17.3 Å². The fourth-order valence-corrected chi connectivity index (χ4v) is 3.43. The molecule has 0 unspecified atom stereocenters. The van der Waals surface area contributed by atoms with Gasteiger partial charge in [0.15, 0.2) is 0 Å². The van der Waals surface area contributed by atoms with Gasteiger partial charge in [-0.25, -0.2) is 9.97 Å². The maximum absolute atomic E-state index is 12.8. The van der Waals surface area contributed by atoms with Gasteiger partial charge in [-0.05, 0) is 45.0 Å². The molecular formula is C21H28N6O2. The molecule has 8 heteroatoms. The molecule has 29 heavy (non-hydrogen) atoms. The van der Waals surface area contributed by atoms with Crippen molar-refractivity contribution < 1.29 is 9.59 Å². The van der Waals surface area contributed by atoms with E-state index in [9.17, 15) is 9.59 Å². The van der Waals surface area contributed by atoms with Crippen LogP contribution in [0, 0.1) is 6.92 Å². The molecule has 154 valence electrons. The molecule has 0 radical (unpaired) electrons. The second-order valence-electron chi connectivity index (χ2n) is 6.96. The van der Waals surface area contributed by atoms with Gasteiger partial charge in [-0.1, -0.05) is 0 Å². The number of amides is 2. The normalized spacial score (nSPS) is 13.9. The smallest absolute Gasteiger partial charge is 0.272 e. The van der Waals surface area contributed by atoms with Crippen LogP contribution in [0.2, 0.25) is 0 Å². The summed E-state index contributed by atoms with van der Waals surface area (Å²) in [6, 6.07) is 9.83. The van der Waals surface area contributed by atoms with E-state index in [1.165, 1.54) is 5.69 Å². The van der Waals surface area contributed by atoms with Gasteiger partial charge < -0.3 is 20.0 Å². The van der Waals surface area contributed by atoms with E-state index >= 15 is 0 Å². The summed E-state index contributed by atoms with van der Waals surface area (Å²) >= 11 is 0. The summed E-state index contributed by atoms with van der Waals surface area (Å²) in [5, 5.41) is 3.27. The molecule has 0 aliphatic carbocycles. The van der Waals surface area contributed by atoms with Crippen molar-refractivity contribution in [3.05, 3.63) is 41.9 Å². The monoisotopic (exact) mass is 396 g/mol. The third-order valence-electron chi connectivity index (χ3n) is 5.08. The minimum absolute atomic E-state index is 0.138. The minimum Gasteiger partial charge on any atom is -0.372 e. The Morgan fingerprint density at radius 2 is 1.76 bits per heavy atom. The largest absolute Gasteiger partial charge is 0.372 e. The van der Waals surface area contributed by atoms with Gasteiger partial charge in [0.2, 0.25) is 6.41 Å². The Morgan fingerprint density at radius 1 is 1.10 bits per heavy atom. The fraction of sp³-hybridized carbons (Fsp3) is 0.429. The Morgan fingerprint density at radius 3 is 2.34 bits per heavy atom. The topological polar surface area (TPSA) is 81.7 Å². The summed E-state index contributed by atoms with van der Waals surface area (Å²) < 4.78 is 0. The molecule has 3 rings (SSSR count). The summed E-state index contributed by atoms with van der Waals surface area (Å²) in [7, 11) is 0. The van der Waals surface area contributed by atoms with Gasteiger partial charge in [-0.3, -0.25) is 9.59 Å². The highest BCUT2D eigenvalue weighted by molar-refractivity contribution is 5.93. The molecular weight excluding hydrogens is 368 g/mol. The summed E-state index contributed by atoms with van der Waals surface area (Å²) in [6.07, 6.45) is 0.824. The molecule has 0 bridgehead atoms. The molecule has 1 aliphatic heterocycles. The quantitative estimate of drug-likeness (QED) is 0.723. The van der Waals surface area contributed by atoms with Crippen molar-refractivity contribution in [3.63, 3.8) is 0 Å². The van der Waals surface area contributed by atoms with Crippen LogP contribution < -0.4 is 10.2 Å². The first-order valence-corrected chi connectivity index (χ1v) is 10.00. The number of rotatable bonds is 7. The Labute approximate surface area is 171 Å². The molecule has 2 aromatic rings. The second-order valence-corrected chi connectivity index (χ2v) is 6.96. The molecule has 0 saturated carbocycles. The van der Waals surface area contributed by atoms with Crippen LogP contribution in [-0.2, 0) is 4.79 Å². The Hall–Kier alpha value is -3.16. The van der Waals surface area contributed by atoms with Crippen molar-refractivity contribution in [1.82, 2.24) is 19.8 Å². The molecule has 8 nitrogen and oxygen atoms in total. The van der Waals surface area contributed by atoms with Crippen LogP contribution in [0.25, 0.3) is 0 Å². The standard InChI is InChI=1S/C21H28N6O2/c1-4-26(5-2)18-8-6-17(7-9-18)24-20-14-19(22-16(3)23-20)21(29)27-12-10-25(15-28)11-13-27/h6-9,14-15H,4-5,10-13H2,1-3H3,(H,22,23,24). The number of nitrogens with one attached hydrogen (secondary N) is 1. The number of benzene rings is 1. The van der Waals surface area contributed by atoms with E-state index < -0.39 is 0 Å². The van der Waals surface area contributed by atoms with Crippen LogP contribution >= 0.6 is 0 Å². The number of carbonyl (C=O) groups excluding carboxylic acids is 2. The number of hydrogen-bond donors (Lipinski definition) is 1. The molecule has 1 saturated heterocycles. The lowest BCUT2D eigenvalue weighted by Gasteiger charge is -2.32. The van der Waals surface area contributed by atoms with E-state index in [4.69, 9.17) is 0 Å². The summed E-state index contributed by atoms with van der Waals surface area (Å²) in [4.78, 5) is 38.1. The van der Waals surface area contributed by atoms with Crippen molar-refractivity contribution >= 4 is 29.5 Å². The average molecular weight is 396 g/mol. The van der Waals surface area contributed by atoms with Crippen LogP contribution in [0.3, 0.4) is 0 Å². The van der Waals surface area contributed by atoms with Crippen molar-refractivity contribution in [2.24, 2.45) is 0 Å². The molecule has 2 heterocycles. The molecule has 1 aromatic carbocycles. The summed E-state index contributed by atoms with van der Waals surface area (Å²) in [6.45, 7) is 10.1. The first-order valence-electron chi connectivity index (χ1n) is 10.00. The van der Waals surface area contributed by atoms with Crippen LogP contribution in [0.4, 0.5) is 17.2 Å². The van der Waals surface area contributed by atoms with Gasteiger partial charge in [-0.15, -0.1) is 0 Å². The maximum Gasteiger partial charge on any atom is 0.272 e. The van der Waals surface area contributed by atoms with Crippen LogP contribution in [0.5, 0.6) is 0 Å². The van der Waals surface area contributed by atoms with Crippen molar-refractivity contribution in [3.8, 4) is 0 Å². The molecule has 0 atom stereocenters. The number of hydrogen-bond acceptors (Lipinski definition) is 6. The van der Waals surface area contributed by atoms with Crippen molar-refractivity contribution in [2.45, 2.75) is 20.8 Å². The van der Waals surface area contributed by atoms with Crippen molar-refractivity contribution in [2.75, 3.05) is 49.5 Å². The number of anilines is 3. The van der Waals surface area contributed by atoms with E-state index in [2.05, 4.69) is 46.2 Å². The molecule has 1 aromatic heterocycles. The van der Waals surface area contributed by atoms with Gasteiger partial charge in [0.05, 0.1) is 0 Å². The average Bonchev–Trinajstić information content (AvgIpc) is 2.75. The molecule has 1 fully saturated rings. The van der Waals surface area contributed by atoms with E-state index in [1.54, 1.807) is 22.8 Å². The van der Waals surface area contributed by atoms with Gasteiger partial charge >= 0.3 is 0 Å². The fourth-order valence-electron chi connectivity index (χ4n) is 3.43. The number of aromatic nitrogens is 2. The highest BCUT2D eigenvalue weighted by Gasteiger charge is 2.23. The summed E-state index contributed by atoms with van der Waals surface area (Å²) in [5.74, 6) is 0.980. The number of nitrogens with zero attached hydrogens (tertiary/aromatic N) is 5. The van der Waals surface area contributed by atoms with E-state index in [0.717, 1.165) is 25.2 Å². The van der Waals surface area contributed by atoms with Crippen LogP contribution in [-0.4, -0.2) is 71.4 Å². The SMILES string of the molecule is CCN(CC)c1ccc(Nc2cc(C(=O)N3CCN(C=O)CC3)nc(C)n2)cc1. The Kier molecular flexibility index (Phi) is 6.64. The van der Waals surface area contributed by atoms with Crippen LogP contribution in [0.15, 0.2) is 30.3 Å². The van der Waals surface area contributed by atoms with Gasteiger partial charge in [-0.2, -0.15) is 0 Å². The zero-order chi connectivity index (χ0) is 20.8. The number of aryl methyl sites for hydroxylation is 1. The summed E-state index contributed by atoms with van der Waals surface area (Å²) in [5.41, 5.74) is 2.43. The third kappa shape index (κ3) is 5.01. The first-order chi connectivity index (χ1) is 14.0. The Balaban J connectivity index is 1.72. The predicted molar refractivity (Wildman–Crippen MR) is 114 cm³/mol. The zero-order valence-corrected chi connectivity index (χ0v) is 17.3. The minimum atomic E-state index is -0.138. The first kappa shape index (κ1) is 20.6. The van der Waals surface area contributed by atoms with Crippen molar-refractivity contribution in [1.29, 1.82) is 0 Å². The van der Waals surface area contributed by atoms with Gasteiger partial charge in [0.25, 0.3) is 5.91 Å². The molecule has 2 amide bonds. The second kappa shape index (κ2) is 9.36. The Bertz CT molecular complexity index is 843. The maximum atomic E-state index is 12.8. The molecule has 0 spiro atoms. The van der Waals surface area contributed by atoms with Crippen LogP contribution in [0.1, 0.15) is 30.2 Å². The zero-order valence-electron chi connectivity index (χ0n) is 17.3. The molecule has 1 aliphatic rings.